The molecule has 2 N–H and O–H groups in total. The fourth-order valence-electron chi connectivity index (χ4n) is 6.11. The molecule has 0 unspecified atom stereocenters. The normalized spacial score (nSPS) is 18.3. The molecule has 2 aliphatic rings. The number of fused-ring (bicyclic) bond motifs is 1. The van der Waals surface area contributed by atoms with Crippen LogP contribution in [0.2, 0.25) is 0 Å². The molecule has 36 heavy (non-hydrogen) atoms. The van der Waals surface area contributed by atoms with Crippen molar-refractivity contribution in [3.05, 3.63) is 48.5 Å². The van der Waals surface area contributed by atoms with E-state index in [1.54, 1.807) is 0 Å². The quantitative estimate of drug-likeness (QED) is 0.380. The molecule has 4 aromatic rings. The minimum absolute atomic E-state index is 0.154. The molecule has 0 radical (unpaired) electrons. The molecule has 0 bridgehead atoms. The van der Waals surface area contributed by atoms with Gasteiger partial charge in [0.25, 0.3) is 0 Å². The third kappa shape index (κ3) is 4.52. The van der Waals surface area contributed by atoms with E-state index < -0.39 is 0 Å². The number of carbonyl (C=O) groups excluding carboxylic acids is 1. The van der Waals surface area contributed by atoms with Crippen molar-refractivity contribution in [2.24, 2.45) is 5.92 Å². The number of aromatic nitrogens is 6. The van der Waals surface area contributed by atoms with Crippen molar-refractivity contribution >= 4 is 16.9 Å². The molecule has 2 aromatic heterocycles. The number of hydrogen-bond acceptors (Lipinski definition) is 5. The van der Waals surface area contributed by atoms with Gasteiger partial charge < -0.3 is 9.88 Å². The molecule has 6 rings (SSSR count). The van der Waals surface area contributed by atoms with Crippen LogP contribution >= 0.6 is 0 Å². The Bertz CT molecular complexity index is 1300. The summed E-state index contributed by atoms with van der Waals surface area (Å²) in [6, 6.07) is 16.3. The molecule has 186 valence electrons. The van der Waals surface area contributed by atoms with Crippen molar-refractivity contribution < 1.29 is 4.79 Å². The Labute approximate surface area is 210 Å². The topological polar surface area (TPSA) is 101 Å². The monoisotopic (exact) mass is 483 g/mol. The third-order valence-electron chi connectivity index (χ3n) is 7.94. The number of rotatable bonds is 6. The van der Waals surface area contributed by atoms with E-state index in [1.807, 2.05) is 42.5 Å². The molecule has 0 saturated heterocycles. The summed E-state index contributed by atoms with van der Waals surface area (Å²) in [6.45, 7) is 0. The number of hydrogen-bond donors (Lipinski definition) is 2. The van der Waals surface area contributed by atoms with Crippen LogP contribution in [-0.2, 0) is 4.79 Å². The Kier molecular flexibility index (Phi) is 6.49. The fraction of sp³-hybridized carbons (Fsp3) is 0.464. The summed E-state index contributed by atoms with van der Waals surface area (Å²) in [6.07, 6.45) is 11.6. The van der Waals surface area contributed by atoms with E-state index in [-0.39, 0.29) is 18.0 Å². The molecule has 2 heterocycles. The lowest BCUT2D eigenvalue weighted by molar-refractivity contribution is -0.127. The van der Waals surface area contributed by atoms with Gasteiger partial charge in [0, 0.05) is 17.2 Å². The number of imidazole rings is 1. The summed E-state index contributed by atoms with van der Waals surface area (Å²) < 4.78 is 2.23. The Morgan fingerprint density at radius 3 is 2.31 bits per heavy atom. The van der Waals surface area contributed by atoms with Crippen LogP contribution in [0.5, 0.6) is 0 Å². The van der Waals surface area contributed by atoms with Crippen molar-refractivity contribution in [3.63, 3.8) is 0 Å². The number of aromatic amines is 1. The van der Waals surface area contributed by atoms with Gasteiger partial charge in [0.1, 0.15) is 11.9 Å². The van der Waals surface area contributed by atoms with E-state index in [9.17, 15) is 4.79 Å². The highest BCUT2D eigenvalue weighted by Gasteiger charge is 2.35. The maximum atomic E-state index is 14.1. The summed E-state index contributed by atoms with van der Waals surface area (Å²) in [4.78, 5) is 19.1. The maximum absolute atomic E-state index is 14.1. The highest BCUT2D eigenvalue weighted by Crippen LogP contribution is 2.39. The van der Waals surface area contributed by atoms with Crippen LogP contribution in [0, 0.1) is 5.92 Å². The predicted octanol–water partition coefficient (Wildman–Crippen LogP) is 5.45. The van der Waals surface area contributed by atoms with E-state index in [2.05, 4.69) is 36.6 Å². The summed E-state index contributed by atoms with van der Waals surface area (Å²) in [7, 11) is 0. The number of benzene rings is 2. The Hall–Kier alpha value is -3.55. The van der Waals surface area contributed by atoms with E-state index in [1.165, 1.54) is 38.5 Å². The van der Waals surface area contributed by atoms with Gasteiger partial charge in [-0.1, -0.05) is 74.9 Å². The van der Waals surface area contributed by atoms with Crippen LogP contribution in [0.4, 0.5) is 0 Å². The van der Waals surface area contributed by atoms with Crippen molar-refractivity contribution in [1.82, 2.24) is 35.5 Å². The van der Waals surface area contributed by atoms with Gasteiger partial charge in [-0.05, 0) is 48.9 Å². The first-order valence-electron chi connectivity index (χ1n) is 13.4. The summed E-state index contributed by atoms with van der Waals surface area (Å²) in [5, 5.41) is 17.8. The van der Waals surface area contributed by atoms with E-state index >= 15 is 0 Å². The first kappa shape index (κ1) is 22.9. The molecule has 1 atom stereocenters. The zero-order valence-corrected chi connectivity index (χ0v) is 20.6. The molecule has 8 nitrogen and oxygen atoms in total. The molecule has 1 amide bonds. The number of amides is 1. The molecule has 8 heteroatoms. The molecule has 2 aliphatic carbocycles. The molecule has 0 aliphatic heterocycles. The lowest BCUT2D eigenvalue weighted by atomic mass is 9.82. The lowest BCUT2D eigenvalue weighted by Gasteiger charge is -2.33. The third-order valence-corrected chi connectivity index (χ3v) is 7.94. The molecule has 2 saturated carbocycles. The van der Waals surface area contributed by atoms with Crippen LogP contribution in [-0.4, -0.2) is 42.1 Å². The minimum atomic E-state index is -0.272. The number of para-hydroxylation sites is 2. The molecule has 2 fully saturated rings. The zero-order valence-electron chi connectivity index (χ0n) is 20.6. The standard InChI is InChI=1S/C28H33N7O/c36-28(29-22-11-5-2-6-12-22)25(19-9-3-1-4-10-19)35-24-14-8-7-13-23(24)30-27(35)21-17-15-20(16-18-21)26-31-33-34-32-26/h7-8,13-19,22,25H,1-6,9-12H2,(H,29,36)(H,31,32,33,34)/t25-/m0/s1. The Morgan fingerprint density at radius 1 is 0.889 bits per heavy atom. The van der Waals surface area contributed by atoms with Crippen LogP contribution in [0.3, 0.4) is 0 Å². The van der Waals surface area contributed by atoms with E-state index in [0.29, 0.717) is 11.7 Å². The van der Waals surface area contributed by atoms with Crippen molar-refractivity contribution in [2.45, 2.75) is 76.3 Å². The molecule has 2 aromatic carbocycles. The maximum Gasteiger partial charge on any atom is 0.243 e. The summed E-state index contributed by atoms with van der Waals surface area (Å²) >= 11 is 0. The van der Waals surface area contributed by atoms with E-state index in [4.69, 9.17) is 4.98 Å². The van der Waals surface area contributed by atoms with Gasteiger partial charge in [-0.2, -0.15) is 5.21 Å². The van der Waals surface area contributed by atoms with Gasteiger partial charge in [-0.25, -0.2) is 4.98 Å². The Balaban J connectivity index is 1.43. The SMILES string of the molecule is O=C(NC1CCCCC1)[C@H](C1CCCCC1)n1c(-c2ccc(-c3nn[nH]n3)cc2)nc2ccccc21. The second kappa shape index (κ2) is 10.2. The van der Waals surface area contributed by atoms with Gasteiger partial charge in [0.05, 0.1) is 11.0 Å². The molecular formula is C28H33N7O. The molecular weight excluding hydrogens is 450 g/mol. The number of nitrogens with one attached hydrogen (secondary N) is 2. The highest BCUT2D eigenvalue weighted by molar-refractivity contribution is 5.87. The van der Waals surface area contributed by atoms with Crippen LogP contribution < -0.4 is 5.32 Å². The average molecular weight is 484 g/mol. The number of H-pyrrole nitrogens is 1. The van der Waals surface area contributed by atoms with Gasteiger partial charge in [0.15, 0.2) is 0 Å². The van der Waals surface area contributed by atoms with Gasteiger partial charge in [-0.15, -0.1) is 10.2 Å². The smallest absolute Gasteiger partial charge is 0.243 e. The first-order valence-corrected chi connectivity index (χ1v) is 13.4. The highest BCUT2D eigenvalue weighted by atomic mass is 16.2. The second-order valence-electron chi connectivity index (χ2n) is 10.3. The second-order valence-corrected chi connectivity index (χ2v) is 10.3. The van der Waals surface area contributed by atoms with Gasteiger partial charge in [0.2, 0.25) is 11.7 Å². The van der Waals surface area contributed by atoms with Gasteiger partial charge >= 0.3 is 0 Å². The fourth-order valence-corrected chi connectivity index (χ4v) is 6.11. The van der Waals surface area contributed by atoms with Gasteiger partial charge in [-0.3, -0.25) is 4.79 Å². The summed E-state index contributed by atoms with van der Waals surface area (Å²) in [5.74, 6) is 1.85. The number of carbonyl (C=O) groups is 1. The predicted molar refractivity (Wildman–Crippen MR) is 139 cm³/mol. The summed E-state index contributed by atoms with van der Waals surface area (Å²) in [5.41, 5.74) is 3.80. The van der Waals surface area contributed by atoms with Crippen molar-refractivity contribution in [2.75, 3.05) is 0 Å². The lowest BCUT2D eigenvalue weighted by Crippen LogP contribution is -2.43. The minimum Gasteiger partial charge on any atom is -0.352 e. The van der Waals surface area contributed by atoms with Crippen molar-refractivity contribution in [3.8, 4) is 22.8 Å². The van der Waals surface area contributed by atoms with Crippen LogP contribution in [0.25, 0.3) is 33.8 Å². The van der Waals surface area contributed by atoms with Crippen molar-refractivity contribution in [1.29, 1.82) is 0 Å². The largest absolute Gasteiger partial charge is 0.352 e. The van der Waals surface area contributed by atoms with E-state index in [0.717, 1.165) is 53.7 Å². The first-order chi connectivity index (χ1) is 17.8. The zero-order chi connectivity index (χ0) is 24.3. The Morgan fingerprint density at radius 2 is 1.58 bits per heavy atom. The average Bonchev–Trinajstić information content (AvgIpc) is 3.60. The molecule has 0 spiro atoms. The van der Waals surface area contributed by atoms with Crippen LogP contribution in [0.15, 0.2) is 48.5 Å². The van der Waals surface area contributed by atoms with Crippen LogP contribution in [0.1, 0.15) is 70.3 Å². The number of nitrogens with zero attached hydrogens (tertiary/aromatic N) is 5. The number of tetrazole rings is 1.